The molecule has 0 aliphatic carbocycles. The molecule has 27 heavy (non-hydrogen) atoms. The first kappa shape index (κ1) is 19.7. The Balaban J connectivity index is 1.56. The summed E-state index contributed by atoms with van der Waals surface area (Å²) in [7, 11) is 3.46. The van der Waals surface area contributed by atoms with Gasteiger partial charge < -0.3 is 19.9 Å². The summed E-state index contributed by atoms with van der Waals surface area (Å²) in [5.74, 6) is 2.59. The fraction of sp³-hybridized carbons (Fsp3) is 0.500. The van der Waals surface area contributed by atoms with Gasteiger partial charge in [-0.25, -0.2) is 4.98 Å². The Morgan fingerprint density at radius 3 is 2.74 bits per heavy atom. The molecular weight excluding hydrogens is 384 g/mol. The van der Waals surface area contributed by atoms with E-state index in [1.165, 1.54) is 11.5 Å². The van der Waals surface area contributed by atoms with E-state index < -0.39 is 0 Å². The molecule has 146 valence electrons. The second-order valence-electron chi connectivity index (χ2n) is 6.18. The average Bonchev–Trinajstić information content (AvgIpc) is 3.19. The summed E-state index contributed by atoms with van der Waals surface area (Å²) in [6.07, 6.45) is 0.876. The van der Waals surface area contributed by atoms with Crippen LogP contribution < -0.4 is 15.0 Å². The molecule has 0 amide bonds. The van der Waals surface area contributed by atoms with Crippen LogP contribution in [0.1, 0.15) is 18.3 Å². The van der Waals surface area contributed by atoms with Crippen molar-refractivity contribution in [3.63, 3.8) is 0 Å². The maximum absolute atomic E-state index is 6.04. The molecule has 0 bridgehead atoms. The topological polar surface area (TPSA) is 65.9 Å². The van der Waals surface area contributed by atoms with Crippen molar-refractivity contribution in [3.05, 3.63) is 34.6 Å². The number of rotatable bonds is 5. The smallest absolute Gasteiger partial charge is 0.205 e. The third-order valence-corrected chi connectivity index (χ3v) is 5.57. The Morgan fingerprint density at radius 1 is 1.33 bits per heavy atom. The van der Waals surface area contributed by atoms with Gasteiger partial charge in [-0.3, -0.25) is 4.99 Å². The number of piperazine rings is 1. The van der Waals surface area contributed by atoms with Crippen LogP contribution >= 0.6 is 23.1 Å². The molecule has 0 radical (unpaired) electrons. The molecule has 9 heteroatoms. The number of benzene rings is 1. The van der Waals surface area contributed by atoms with E-state index in [4.69, 9.17) is 16.3 Å². The molecule has 1 aliphatic rings. The predicted molar refractivity (Wildman–Crippen MR) is 111 cm³/mol. The Bertz CT molecular complexity index is 788. The summed E-state index contributed by atoms with van der Waals surface area (Å²) >= 11 is 7.52. The van der Waals surface area contributed by atoms with Crippen molar-refractivity contribution in [3.8, 4) is 5.75 Å². The van der Waals surface area contributed by atoms with Gasteiger partial charge in [0.25, 0.3) is 0 Å². The molecule has 2 aromatic rings. The van der Waals surface area contributed by atoms with E-state index >= 15 is 0 Å². The first-order valence-corrected chi connectivity index (χ1v) is 10.1. The number of hydrogen-bond donors (Lipinski definition) is 1. The summed E-state index contributed by atoms with van der Waals surface area (Å²) in [4.78, 5) is 13.6. The molecule has 0 spiro atoms. The summed E-state index contributed by atoms with van der Waals surface area (Å²) in [6, 6.07) is 5.67. The van der Waals surface area contributed by atoms with Gasteiger partial charge in [0.2, 0.25) is 5.13 Å². The molecule has 7 nitrogen and oxygen atoms in total. The largest absolute Gasteiger partial charge is 0.496 e. The van der Waals surface area contributed by atoms with Gasteiger partial charge in [0.1, 0.15) is 11.6 Å². The van der Waals surface area contributed by atoms with Gasteiger partial charge in [0.05, 0.1) is 7.11 Å². The SMILES string of the molecule is CCc1nsc(N2CCN(C(=NC)NCc3ccc(Cl)cc3OC)CC2)n1. The second-order valence-corrected chi connectivity index (χ2v) is 7.34. The van der Waals surface area contributed by atoms with Gasteiger partial charge >= 0.3 is 0 Å². The lowest BCUT2D eigenvalue weighted by atomic mass is 10.2. The maximum atomic E-state index is 6.04. The van der Waals surface area contributed by atoms with Crippen molar-refractivity contribution in [2.24, 2.45) is 4.99 Å². The molecule has 0 unspecified atom stereocenters. The van der Waals surface area contributed by atoms with Gasteiger partial charge in [-0.05, 0) is 12.1 Å². The van der Waals surface area contributed by atoms with Crippen LogP contribution in [-0.2, 0) is 13.0 Å². The van der Waals surface area contributed by atoms with E-state index in [0.717, 1.165) is 60.8 Å². The van der Waals surface area contributed by atoms with Crippen LogP contribution in [0.15, 0.2) is 23.2 Å². The van der Waals surface area contributed by atoms with Crippen molar-refractivity contribution in [2.75, 3.05) is 45.2 Å². The molecular formula is C18H25ClN6OS. The van der Waals surface area contributed by atoms with Crippen molar-refractivity contribution >= 4 is 34.2 Å². The van der Waals surface area contributed by atoms with Crippen molar-refractivity contribution < 1.29 is 4.74 Å². The number of aromatic nitrogens is 2. The van der Waals surface area contributed by atoms with E-state index in [0.29, 0.717) is 11.6 Å². The second kappa shape index (κ2) is 9.23. The Labute approximate surface area is 169 Å². The van der Waals surface area contributed by atoms with E-state index in [1.54, 1.807) is 7.11 Å². The maximum Gasteiger partial charge on any atom is 0.205 e. The van der Waals surface area contributed by atoms with Gasteiger partial charge in [-0.2, -0.15) is 4.37 Å². The molecule has 1 fully saturated rings. The highest BCUT2D eigenvalue weighted by atomic mass is 35.5. The van der Waals surface area contributed by atoms with Crippen molar-refractivity contribution in [2.45, 2.75) is 19.9 Å². The zero-order valence-electron chi connectivity index (χ0n) is 15.9. The summed E-state index contributed by atoms with van der Waals surface area (Å²) in [5, 5.41) is 5.11. The first-order chi connectivity index (χ1) is 13.1. The fourth-order valence-electron chi connectivity index (χ4n) is 3.00. The molecule has 1 aliphatic heterocycles. The standard InChI is InChI=1S/C18H25ClN6OS/c1-4-16-22-18(27-23-16)25-9-7-24(8-10-25)17(20-2)21-12-13-5-6-14(19)11-15(13)26-3/h5-6,11H,4,7-10,12H2,1-3H3,(H,20,21). The van der Waals surface area contributed by atoms with Gasteiger partial charge in [0.15, 0.2) is 5.96 Å². The molecule has 0 atom stereocenters. The van der Waals surface area contributed by atoms with E-state index in [9.17, 15) is 0 Å². The Hall–Kier alpha value is -2.06. The fourth-order valence-corrected chi connectivity index (χ4v) is 3.96. The average molecular weight is 409 g/mol. The predicted octanol–water partition coefficient (Wildman–Crippen LogP) is 2.66. The van der Waals surface area contributed by atoms with Crippen LogP contribution in [0, 0.1) is 0 Å². The van der Waals surface area contributed by atoms with E-state index in [-0.39, 0.29) is 0 Å². The number of halogens is 1. The van der Waals surface area contributed by atoms with Crippen LogP contribution in [0.4, 0.5) is 5.13 Å². The van der Waals surface area contributed by atoms with Crippen LogP contribution in [0.5, 0.6) is 5.75 Å². The Morgan fingerprint density at radius 2 is 2.11 bits per heavy atom. The minimum Gasteiger partial charge on any atom is -0.496 e. The highest BCUT2D eigenvalue weighted by Gasteiger charge is 2.22. The first-order valence-electron chi connectivity index (χ1n) is 9.00. The summed E-state index contributed by atoms with van der Waals surface area (Å²) < 4.78 is 9.80. The minimum atomic E-state index is 0.628. The van der Waals surface area contributed by atoms with Crippen LogP contribution in [0.3, 0.4) is 0 Å². The van der Waals surface area contributed by atoms with E-state index in [2.05, 4.69) is 36.4 Å². The number of ether oxygens (including phenoxy) is 1. The molecule has 1 aromatic carbocycles. The van der Waals surface area contributed by atoms with E-state index in [1.807, 2.05) is 25.2 Å². The molecule has 1 N–H and O–H groups in total. The highest BCUT2D eigenvalue weighted by molar-refractivity contribution is 7.09. The van der Waals surface area contributed by atoms with Gasteiger partial charge in [0, 0.05) is 68.3 Å². The molecule has 1 saturated heterocycles. The van der Waals surface area contributed by atoms with Crippen molar-refractivity contribution in [1.29, 1.82) is 0 Å². The number of nitrogens with zero attached hydrogens (tertiary/aromatic N) is 5. The number of anilines is 1. The molecule has 0 saturated carbocycles. The summed E-state index contributed by atoms with van der Waals surface area (Å²) in [6.45, 7) is 6.29. The highest BCUT2D eigenvalue weighted by Crippen LogP contribution is 2.23. The summed E-state index contributed by atoms with van der Waals surface area (Å²) in [5.41, 5.74) is 1.04. The number of guanidine groups is 1. The lowest BCUT2D eigenvalue weighted by Crippen LogP contribution is -2.52. The third-order valence-electron chi connectivity index (χ3n) is 4.52. The van der Waals surface area contributed by atoms with Crippen LogP contribution in [-0.4, -0.2) is 60.6 Å². The zero-order chi connectivity index (χ0) is 19.2. The monoisotopic (exact) mass is 408 g/mol. The van der Waals surface area contributed by atoms with Gasteiger partial charge in [-0.1, -0.05) is 24.6 Å². The number of aryl methyl sites for hydroxylation is 1. The number of aliphatic imine (C=N–C) groups is 1. The van der Waals surface area contributed by atoms with Crippen LogP contribution in [0.25, 0.3) is 0 Å². The quantitative estimate of drug-likeness (QED) is 0.606. The zero-order valence-corrected chi connectivity index (χ0v) is 17.5. The van der Waals surface area contributed by atoms with Crippen molar-refractivity contribution in [1.82, 2.24) is 19.6 Å². The molecule has 3 rings (SSSR count). The lowest BCUT2D eigenvalue weighted by Gasteiger charge is -2.36. The third kappa shape index (κ3) is 4.81. The molecule has 2 heterocycles. The Kier molecular flexibility index (Phi) is 6.73. The minimum absolute atomic E-state index is 0.628. The number of hydrogen-bond acceptors (Lipinski definition) is 6. The number of nitrogens with one attached hydrogen (secondary N) is 1. The number of methoxy groups -OCH3 is 1. The molecule has 1 aromatic heterocycles. The van der Waals surface area contributed by atoms with Gasteiger partial charge in [-0.15, -0.1) is 0 Å². The normalized spacial score (nSPS) is 15.2. The lowest BCUT2D eigenvalue weighted by molar-refractivity contribution is 0.371. The van der Waals surface area contributed by atoms with Crippen LogP contribution in [0.2, 0.25) is 5.02 Å².